The Kier molecular flexibility index (Phi) is 5.70. The van der Waals surface area contributed by atoms with Crippen LogP contribution in [0.2, 0.25) is 5.02 Å². The fraction of sp³-hybridized carbons (Fsp3) is 0.581. The molecule has 5 fully saturated rings. The summed E-state index contributed by atoms with van der Waals surface area (Å²) in [5, 5.41) is 14.9. The molecular formula is C31H38ClN7O2. The van der Waals surface area contributed by atoms with E-state index in [0.717, 1.165) is 103 Å². The van der Waals surface area contributed by atoms with E-state index in [0.29, 0.717) is 12.1 Å². The molecule has 0 atom stereocenters. The van der Waals surface area contributed by atoms with Crippen molar-refractivity contribution in [3.8, 4) is 11.1 Å². The third-order valence-electron chi connectivity index (χ3n) is 10.8. The maximum Gasteiger partial charge on any atom is 0.245 e. The number of benzene rings is 1. The van der Waals surface area contributed by atoms with Gasteiger partial charge in [0.2, 0.25) is 5.91 Å². The molecule has 5 heterocycles. The molecule has 2 spiro atoms. The quantitative estimate of drug-likeness (QED) is 0.452. The molecule has 5 aliphatic rings. The van der Waals surface area contributed by atoms with Crippen LogP contribution in [0.3, 0.4) is 0 Å². The molecule has 10 heteroatoms. The van der Waals surface area contributed by atoms with Crippen LogP contribution < -0.4 is 4.90 Å². The Labute approximate surface area is 245 Å². The second kappa shape index (κ2) is 9.06. The number of carbonyl (C=O) groups is 1. The molecule has 1 N–H and O–H groups in total. The minimum Gasteiger partial charge on any atom is -0.378 e. The van der Waals surface area contributed by atoms with Crippen molar-refractivity contribution in [3.05, 3.63) is 41.2 Å². The summed E-state index contributed by atoms with van der Waals surface area (Å²) in [6, 6.07) is 2.95. The number of H-pyrrole nitrogens is 1. The predicted octanol–water partition coefficient (Wildman–Crippen LogP) is 4.49. The first-order valence-corrected chi connectivity index (χ1v) is 15.4. The smallest absolute Gasteiger partial charge is 0.245 e. The van der Waals surface area contributed by atoms with Crippen molar-refractivity contribution in [1.29, 1.82) is 0 Å². The van der Waals surface area contributed by atoms with E-state index in [-0.39, 0.29) is 16.9 Å². The van der Waals surface area contributed by atoms with Crippen LogP contribution in [0.4, 0.5) is 5.82 Å². The highest BCUT2D eigenvalue weighted by Crippen LogP contribution is 2.56. The van der Waals surface area contributed by atoms with E-state index in [9.17, 15) is 4.79 Å². The molecule has 3 aliphatic heterocycles. The normalized spacial score (nSPS) is 23.9. The van der Waals surface area contributed by atoms with E-state index in [1.165, 1.54) is 25.3 Å². The summed E-state index contributed by atoms with van der Waals surface area (Å²) in [6.07, 6.45) is 9.03. The number of piperazine rings is 1. The van der Waals surface area contributed by atoms with Crippen LogP contribution in [0.5, 0.6) is 0 Å². The zero-order valence-corrected chi connectivity index (χ0v) is 24.7. The number of amides is 1. The van der Waals surface area contributed by atoms with Crippen LogP contribution in [-0.4, -0.2) is 93.2 Å². The number of hydrogen-bond donors (Lipinski definition) is 1. The summed E-state index contributed by atoms with van der Waals surface area (Å²) in [5.41, 5.74) is 5.70. The van der Waals surface area contributed by atoms with Crippen LogP contribution in [0, 0.1) is 19.3 Å². The SMILES string of the molecule is C=CC(=O)N1CC2(CC(n3nc(N4CCN(C5COC5)CC45CCC5)c(-c4c(Cl)c(C)cc5[nH]ncc45)c3C)C2)C1. The van der Waals surface area contributed by atoms with Gasteiger partial charge in [0.25, 0.3) is 0 Å². The number of hydrogen-bond acceptors (Lipinski definition) is 6. The summed E-state index contributed by atoms with van der Waals surface area (Å²) >= 11 is 7.16. The molecule has 3 saturated heterocycles. The van der Waals surface area contributed by atoms with Gasteiger partial charge in [0.15, 0.2) is 5.82 Å². The minimum absolute atomic E-state index is 0.0375. The fourth-order valence-corrected chi connectivity index (χ4v) is 8.55. The number of aromatic nitrogens is 4. The molecule has 0 unspecified atom stereocenters. The standard InChI is InChI=1S/C31H38ClN7O2/c1-4-25(40)37-16-30(17-37)11-21(12-30)39-20(3)26(27-23-13-33-34-24(23)10-19(2)28(27)32)29(35-39)38-9-8-36(22-14-41-15-22)18-31(38)6-5-7-31/h4,10,13,21-22H,1,5-9,11-12,14-18H2,2-3H3,(H,33,34). The summed E-state index contributed by atoms with van der Waals surface area (Å²) < 4.78 is 7.84. The van der Waals surface area contributed by atoms with E-state index in [1.54, 1.807) is 0 Å². The summed E-state index contributed by atoms with van der Waals surface area (Å²) in [5.74, 6) is 1.11. The number of carbonyl (C=O) groups excluding carboxylic acids is 1. The van der Waals surface area contributed by atoms with E-state index < -0.39 is 0 Å². The maximum absolute atomic E-state index is 12.1. The van der Waals surface area contributed by atoms with Gasteiger partial charge >= 0.3 is 0 Å². The monoisotopic (exact) mass is 575 g/mol. The van der Waals surface area contributed by atoms with E-state index in [1.807, 2.05) is 11.1 Å². The lowest BCUT2D eigenvalue weighted by atomic mass is 9.60. The Morgan fingerprint density at radius 2 is 1.93 bits per heavy atom. The number of ether oxygens (including phenoxy) is 1. The summed E-state index contributed by atoms with van der Waals surface area (Å²) in [4.78, 5) is 19.3. The van der Waals surface area contributed by atoms with Crippen molar-refractivity contribution >= 4 is 34.2 Å². The molecule has 2 aliphatic carbocycles. The van der Waals surface area contributed by atoms with Gasteiger partial charge in [-0.05, 0) is 63.7 Å². The minimum atomic E-state index is 0.0375. The van der Waals surface area contributed by atoms with E-state index >= 15 is 0 Å². The zero-order valence-electron chi connectivity index (χ0n) is 24.0. The van der Waals surface area contributed by atoms with Gasteiger partial charge in [-0.2, -0.15) is 10.2 Å². The molecule has 2 aromatic heterocycles. The number of rotatable bonds is 5. The molecule has 1 amide bonds. The van der Waals surface area contributed by atoms with E-state index in [2.05, 4.69) is 51.2 Å². The number of aromatic amines is 1. The van der Waals surface area contributed by atoms with Gasteiger partial charge in [0.05, 0.1) is 47.6 Å². The second-order valence-corrected chi connectivity index (χ2v) is 13.7. The molecule has 41 heavy (non-hydrogen) atoms. The molecular weight excluding hydrogens is 538 g/mol. The Morgan fingerprint density at radius 1 is 1.15 bits per heavy atom. The molecule has 9 nitrogen and oxygen atoms in total. The highest BCUT2D eigenvalue weighted by molar-refractivity contribution is 6.36. The summed E-state index contributed by atoms with van der Waals surface area (Å²) in [7, 11) is 0. The van der Waals surface area contributed by atoms with Gasteiger partial charge in [-0.1, -0.05) is 18.2 Å². The van der Waals surface area contributed by atoms with Crippen molar-refractivity contribution in [2.45, 2.75) is 63.6 Å². The topological polar surface area (TPSA) is 82.5 Å². The van der Waals surface area contributed by atoms with Crippen molar-refractivity contribution in [1.82, 2.24) is 29.8 Å². The van der Waals surface area contributed by atoms with Crippen molar-refractivity contribution in [2.24, 2.45) is 5.41 Å². The van der Waals surface area contributed by atoms with Crippen LogP contribution >= 0.6 is 11.6 Å². The number of likely N-dealkylation sites (tertiary alicyclic amines) is 1. The van der Waals surface area contributed by atoms with Crippen LogP contribution in [0.1, 0.15) is 49.4 Å². The molecule has 3 aromatic rings. The maximum atomic E-state index is 12.1. The predicted molar refractivity (Wildman–Crippen MR) is 159 cm³/mol. The van der Waals surface area contributed by atoms with Gasteiger partial charge in [-0.25, -0.2) is 0 Å². The first-order chi connectivity index (χ1) is 19.8. The summed E-state index contributed by atoms with van der Waals surface area (Å²) in [6.45, 7) is 14.3. The Morgan fingerprint density at radius 3 is 2.59 bits per heavy atom. The fourth-order valence-electron chi connectivity index (χ4n) is 8.30. The number of halogens is 1. The van der Waals surface area contributed by atoms with Gasteiger partial charge in [-0.3, -0.25) is 19.5 Å². The van der Waals surface area contributed by atoms with Crippen molar-refractivity contribution < 1.29 is 9.53 Å². The van der Waals surface area contributed by atoms with E-state index in [4.69, 9.17) is 21.4 Å². The van der Waals surface area contributed by atoms with Gasteiger partial charge in [0, 0.05) is 60.3 Å². The third-order valence-corrected chi connectivity index (χ3v) is 11.3. The van der Waals surface area contributed by atoms with Gasteiger partial charge < -0.3 is 14.5 Å². The first kappa shape index (κ1) is 25.8. The number of anilines is 1. The lowest BCUT2D eigenvalue weighted by Gasteiger charge is -2.59. The van der Waals surface area contributed by atoms with Crippen LogP contribution in [-0.2, 0) is 9.53 Å². The highest BCUT2D eigenvalue weighted by Gasteiger charge is 2.55. The molecule has 216 valence electrons. The highest BCUT2D eigenvalue weighted by atomic mass is 35.5. The number of nitrogens with one attached hydrogen (secondary N) is 1. The van der Waals surface area contributed by atoms with Crippen LogP contribution in [0.25, 0.3) is 22.0 Å². The lowest BCUT2D eigenvalue weighted by molar-refractivity contribution is -0.149. The Balaban J connectivity index is 1.20. The van der Waals surface area contributed by atoms with Crippen molar-refractivity contribution in [3.63, 3.8) is 0 Å². The zero-order chi connectivity index (χ0) is 28.1. The van der Waals surface area contributed by atoms with Crippen LogP contribution in [0.15, 0.2) is 24.9 Å². The molecule has 2 saturated carbocycles. The first-order valence-electron chi connectivity index (χ1n) is 15.0. The van der Waals surface area contributed by atoms with Crippen molar-refractivity contribution in [2.75, 3.05) is 50.8 Å². The number of fused-ring (bicyclic) bond motifs is 1. The van der Waals surface area contributed by atoms with Gasteiger partial charge in [0.1, 0.15) is 0 Å². The average molecular weight is 576 g/mol. The third kappa shape index (κ3) is 3.71. The largest absolute Gasteiger partial charge is 0.378 e. The molecule has 8 rings (SSSR count). The molecule has 1 aromatic carbocycles. The Bertz CT molecular complexity index is 1550. The number of aryl methyl sites for hydroxylation is 1. The molecule has 0 radical (unpaired) electrons. The second-order valence-electron chi connectivity index (χ2n) is 13.3. The molecule has 0 bridgehead atoms. The number of nitrogens with zero attached hydrogens (tertiary/aromatic N) is 6. The average Bonchev–Trinajstić information content (AvgIpc) is 3.45. The van der Waals surface area contributed by atoms with Gasteiger partial charge in [-0.15, -0.1) is 0 Å². The Hall–Kier alpha value is -2.88. The lowest BCUT2D eigenvalue weighted by Crippen LogP contribution is -2.69.